The van der Waals surface area contributed by atoms with E-state index in [2.05, 4.69) is 15.4 Å². The van der Waals surface area contributed by atoms with Crippen LogP contribution in [0.4, 0.5) is 0 Å². The van der Waals surface area contributed by atoms with Gasteiger partial charge in [0.1, 0.15) is 0 Å². The van der Waals surface area contributed by atoms with Crippen LogP contribution in [0.5, 0.6) is 5.88 Å². The van der Waals surface area contributed by atoms with E-state index in [1.165, 1.54) is 0 Å². The molecule has 1 aliphatic heterocycles. The van der Waals surface area contributed by atoms with E-state index in [0.29, 0.717) is 11.4 Å². The molecule has 19 heavy (non-hydrogen) atoms. The van der Waals surface area contributed by atoms with Gasteiger partial charge in [-0.05, 0) is 19.5 Å². The number of hydrazine groups is 1. The van der Waals surface area contributed by atoms with Crippen LogP contribution in [0.1, 0.15) is 16.8 Å². The number of ether oxygens (including phenoxy) is 1. The molecule has 0 aromatic carbocycles. The third-order valence-electron chi connectivity index (χ3n) is 3.29. The summed E-state index contributed by atoms with van der Waals surface area (Å²) in [5, 5.41) is 2.12. The number of pyridine rings is 1. The molecule has 1 saturated heterocycles. The molecule has 1 N–H and O–H groups in total. The standard InChI is InChI=1S/C13H20N4O2/c1-14-17-7-3-6-16(8-9-17)13(18)11-4-5-12(19-2)15-10-11/h4-5,10,14H,3,6-9H2,1-2H3. The maximum atomic E-state index is 12.4. The number of rotatable bonds is 3. The number of nitrogens with zero attached hydrogens (tertiary/aromatic N) is 3. The van der Waals surface area contributed by atoms with Gasteiger partial charge in [-0.25, -0.2) is 9.99 Å². The highest BCUT2D eigenvalue weighted by molar-refractivity contribution is 5.94. The molecule has 0 bridgehead atoms. The lowest BCUT2D eigenvalue weighted by Crippen LogP contribution is -2.39. The average molecular weight is 264 g/mol. The number of aromatic nitrogens is 1. The van der Waals surface area contributed by atoms with Gasteiger partial charge in [0.05, 0.1) is 12.7 Å². The highest BCUT2D eigenvalue weighted by Crippen LogP contribution is 2.11. The Morgan fingerprint density at radius 1 is 1.32 bits per heavy atom. The fraction of sp³-hybridized carbons (Fsp3) is 0.538. The molecule has 2 heterocycles. The first-order valence-corrected chi connectivity index (χ1v) is 6.46. The third kappa shape index (κ3) is 3.42. The van der Waals surface area contributed by atoms with E-state index in [-0.39, 0.29) is 5.91 Å². The van der Waals surface area contributed by atoms with E-state index < -0.39 is 0 Å². The Morgan fingerprint density at radius 2 is 2.16 bits per heavy atom. The minimum Gasteiger partial charge on any atom is -0.481 e. The van der Waals surface area contributed by atoms with Gasteiger partial charge in [-0.2, -0.15) is 0 Å². The molecule has 2 rings (SSSR count). The van der Waals surface area contributed by atoms with Crippen LogP contribution in [0, 0.1) is 0 Å². The van der Waals surface area contributed by atoms with Crippen LogP contribution in [0.15, 0.2) is 18.3 Å². The molecule has 1 aliphatic rings. The zero-order valence-corrected chi connectivity index (χ0v) is 11.4. The zero-order chi connectivity index (χ0) is 13.7. The van der Waals surface area contributed by atoms with Crippen molar-refractivity contribution in [3.63, 3.8) is 0 Å². The minimum absolute atomic E-state index is 0.0353. The molecule has 0 aliphatic carbocycles. The molecule has 6 heteroatoms. The molecule has 1 fully saturated rings. The Kier molecular flexibility index (Phi) is 4.70. The summed E-state index contributed by atoms with van der Waals surface area (Å²) in [6, 6.07) is 3.47. The molecule has 0 radical (unpaired) electrons. The lowest BCUT2D eigenvalue weighted by molar-refractivity contribution is 0.0758. The van der Waals surface area contributed by atoms with Crippen LogP contribution < -0.4 is 10.2 Å². The van der Waals surface area contributed by atoms with Crippen molar-refractivity contribution < 1.29 is 9.53 Å². The van der Waals surface area contributed by atoms with E-state index >= 15 is 0 Å². The van der Waals surface area contributed by atoms with Crippen molar-refractivity contribution in [1.29, 1.82) is 0 Å². The van der Waals surface area contributed by atoms with Gasteiger partial charge < -0.3 is 9.64 Å². The smallest absolute Gasteiger partial charge is 0.255 e. The largest absolute Gasteiger partial charge is 0.481 e. The molecule has 104 valence electrons. The van der Waals surface area contributed by atoms with Crippen LogP contribution in [-0.2, 0) is 0 Å². The summed E-state index contributed by atoms with van der Waals surface area (Å²) in [5.74, 6) is 0.557. The van der Waals surface area contributed by atoms with E-state index in [4.69, 9.17) is 4.74 Å². The van der Waals surface area contributed by atoms with Crippen molar-refractivity contribution in [2.45, 2.75) is 6.42 Å². The van der Waals surface area contributed by atoms with Crippen molar-refractivity contribution in [1.82, 2.24) is 20.3 Å². The van der Waals surface area contributed by atoms with Crippen LogP contribution >= 0.6 is 0 Å². The zero-order valence-electron chi connectivity index (χ0n) is 11.4. The van der Waals surface area contributed by atoms with Gasteiger partial charge in [-0.15, -0.1) is 0 Å². The number of amides is 1. The maximum absolute atomic E-state index is 12.4. The second-order valence-corrected chi connectivity index (χ2v) is 4.45. The number of methoxy groups -OCH3 is 1. The first-order valence-electron chi connectivity index (χ1n) is 6.46. The Labute approximate surface area is 113 Å². The van der Waals surface area contributed by atoms with Crippen molar-refractivity contribution in [3.8, 4) is 5.88 Å². The minimum atomic E-state index is 0.0353. The summed E-state index contributed by atoms with van der Waals surface area (Å²) in [5.41, 5.74) is 3.73. The van der Waals surface area contributed by atoms with E-state index in [9.17, 15) is 4.79 Å². The quantitative estimate of drug-likeness (QED) is 0.855. The van der Waals surface area contributed by atoms with Gasteiger partial charge in [-0.3, -0.25) is 10.2 Å². The molecule has 0 unspecified atom stereocenters. The van der Waals surface area contributed by atoms with Gasteiger partial charge in [0.25, 0.3) is 5.91 Å². The first kappa shape index (κ1) is 13.8. The Bertz CT molecular complexity index is 421. The van der Waals surface area contributed by atoms with E-state index in [1.807, 2.05) is 11.9 Å². The molecule has 0 saturated carbocycles. The second kappa shape index (κ2) is 6.49. The molecular weight excluding hydrogens is 244 g/mol. The maximum Gasteiger partial charge on any atom is 0.255 e. The van der Waals surface area contributed by atoms with Crippen molar-refractivity contribution in [3.05, 3.63) is 23.9 Å². The number of nitrogens with one attached hydrogen (secondary N) is 1. The second-order valence-electron chi connectivity index (χ2n) is 4.45. The summed E-state index contributed by atoms with van der Waals surface area (Å²) in [6.45, 7) is 3.31. The predicted molar refractivity (Wildman–Crippen MR) is 71.9 cm³/mol. The number of carbonyl (C=O) groups is 1. The average Bonchev–Trinajstić information content (AvgIpc) is 2.72. The normalized spacial score (nSPS) is 17.1. The van der Waals surface area contributed by atoms with Crippen molar-refractivity contribution in [2.75, 3.05) is 40.3 Å². The Hall–Kier alpha value is -1.66. The summed E-state index contributed by atoms with van der Waals surface area (Å²) < 4.78 is 4.99. The molecule has 1 aromatic heterocycles. The number of hydrogen-bond acceptors (Lipinski definition) is 5. The summed E-state index contributed by atoms with van der Waals surface area (Å²) in [7, 11) is 3.47. The van der Waals surface area contributed by atoms with Gasteiger partial charge in [-0.1, -0.05) is 0 Å². The lowest BCUT2D eigenvalue weighted by Gasteiger charge is -2.21. The van der Waals surface area contributed by atoms with Crippen LogP contribution in [0.3, 0.4) is 0 Å². The molecule has 0 atom stereocenters. The monoisotopic (exact) mass is 264 g/mol. The Morgan fingerprint density at radius 3 is 2.79 bits per heavy atom. The summed E-state index contributed by atoms with van der Waals surface area (Å²) >= 11 is 0. The van der Waals surface area contributed by atoms with Gasteiger partial charge in [0, 0.05) is 38.4 Å². The molecule has 6 nitrogen and oxygen atoms in total. The summed E-state index contributed by atoms with van der Waals surface area (Å²) in [6.07, 6.45) is 2.54. The highest BCUT2D eigenvalue weighted by Gasteiger charge is 2.19. The topological polar surface area (TPSA) is 57.7 Å². The molecule has 0 spiro atoms. The first-order chi connectivity index (χ1) is 9.24. The number of carbonyl (C=O) groups excluding carboxylic acids is 1. The van der Waals surface area contributed by atoms with E-state index in [1.54, 1.807) is 25.4 Å². The van der Waals surface area contributed by atoms with Gasteiger partial charge >= 0.3 is 0 Å². The van der Waals surface area contributed by atoms with Crippen molar-refractivity contribution in [2.24, 2.45) is 0 Å². The number of hydrogen-bond donors (Lipinski definition) is 1. The third-order valence-corrected chi connectivity index (χ3v) is 3.29. The Balaban J connectivity index is 2.01. The van der Waals surface area contributed by atoms with Crippen molar-refractivity contribution >= 4 is 5.91 Å². The molecule has 1 aromatic rings. The fourth-order valence-corrected chi connectivity index (χ4v) is 2.15. The van der Waals surface area contributed by atoms with Crippen LogP contribution in [-0.4, -0.2) is 61.1 Å². The van der Waals surface area contributed by atoms with Crippen LogP contribution in [0.2, 0.25) is 0 Å². The van der Waals surface area contributed by atoms with E-state index in [0.717, 1.165) is 32.6 Å². The molecule has 1 amide bonds. The van der Waals surface area contributed by atoms with Gasteiger partial charge in [0.2, 0.25) is 5.88 Å². The SMILES string of the molecule is CNN1CCCN(C(=O)c2ccc(OC)nc2)CC1. The fourth-order valence-electron chi connectivity index (χ4n) is 2.15. The lowest BCUT2D eigenvalue weighted by atomic mass is 10.2. The van der Waals surface area contributed by atoms with Crippen LogP contribution in [0.25, 0.3) is 0 Å². The highest BCUT2D eigenvalue weighted by atomic mass is 16.5. The van der Waals surface area contributed by atoms with Gasteiger partial charge in [0.15, 0.2) is 0 Å². The molecular formula is C13H20N4O2. The predicted octanol–water partition coefficient (Wildman–Crippen LogP) is 0.373. The summed E-state index contributed by atoms with van der Waals surface area (Å²) in [4.78, 5) is 18.3.